The lowest BCUT2D eigenvalue weighted by molar-refractivity contribution is -0.181. The molecule has 2 amide bonds. The number of methoxy groups -OCH3 is 1. The molecule has 0 fully saturated rings. The summed E-state index contributed by atoms with van der Waals surface area (Å²) >= 11 is 0. The fourth-order valence-electron chi connectivity index (χ4n) is 3.96. The van der Waals surface area contributed by atoms with Gasteiger partial charge in [0.2, 0.25) is 5.91 Å². The number of fused-ring (bicyclic) bond motifs is 3. The second-order valence-corrected chi connectivity index (χ2v) is 8.00. The third-order valence-electron chi connectivity index (χ3n) is 5.75. The van der Waals surface area contributed by atoms with Gasteiger partial charge in [0, 0.05) is 26.1 Å². The van der Waals surface area contributed by atoms with Crippen molar-refractivity contribution < 1.29 is 42.1 Å². The Morgan fingerprint density at radius 3 is 2.06 bits per heavy atom. The van der Waals surface area contributed by atoms with Crippen molar-refractivity contribution in [2.75, 3.05) is 26.8 Å². The predicted octanol–water partition coefficient (Wildman–Crippen LogP) is 3.31. The lowest BCUT2D eigenvalue weighted by Gasteiger charge is -2.22. The monoisotopic (exact) mass is 494 g/mol. The number of ether oxygens (including phenoxy) is 2. The van der Waals surface area contributed by atoms with E-state index in [4.69, 9.17) is 14.6 Å². The molecule has 2 aromatic carbocycles. The van der Waals surface area contributed by atoms with Crippen LogP contribution in [0.3, 0.4) is 0 Å². The zero-order valence-electron chi connectivity index (χ0n) is 18.8. The number of alkyl carbamates (subject to hydrolysis) is 1. The maximum atomic E-state index is 13.4. The van der Waals surface area contributed by atoms with E-state index >= 15 is 0 Å². The summed E-state index contributed by atoms with van der Waals surface area (Å²) in [5.41, 5.74) is 3.90. The van der Waals surface area contributed by atoms with E-state index in [1.807, 2.05) is 59.2 Å². The average Bonchev–Trinajstić information content (AvgIpc) is 3.13. The number of carboxylic acids is 1. The molecule has 0 radical (unpaired) electrons. The van der Waals surface area contributed by atoms with Gasteiger partial charge in [0.05, 0.1) is 12.5 Å². The molecule has 8 nitrogen and oxygen atoms in total. The van der Waals surface area contributed by atoms with Crippen molar-refractivity contribution in [3.8, 4) is 11.1 Å². The molecule has 0 bridgehead atoms. The predicted molar refractivity (Wildman–Crippen MR) is 119 cm³/mol. The van der Waals surface area contributed by atoms with Crippen molar-refractivity contribution in [3.05, 3.63) is 59.7 Å². The molecular formula is C24H25F3N2O6. The van der Waals surface area contributed by atoms with Gasteiger partial charge in [0.15, 0.2) is 5.92 Å². The molecule has 0 aromatic heterocycles. The Hall–Kier alpha value is -3.60. The van der Waals surface area contributed by atoms with Crippen molar-refractivity contribution >= 4 is 18.0 Å². The summed E-state index contributed by atoms with van der Waals surface area (Å²) in [5.74, 6) is -5.46. The maximum absolute atomic E-state index is 13.4. The number of alkyl halides is 3. The molecular weight excluding hydrogens is 469 g/mol. The zero-order valence-corrected chi connectivity index (χ0v) is 18.8. The van der Waals surface area contributed by atoms with Crippen molar-refractivity contribution in [2.45, 2.75) is 24.6 Å². The van der Waals surface area contributed by atoms with E-state index in [1.165, 1.54) is 7.11 Å². The van der Waals surface area contributed by atoms with Crippen LogP contribution in [0, 0.1) is 5.92 Å². The van der Waals surface area contributed by atoms with Gasteiger partial charge in [-0.2, -0.15) is 13.2 Å². The molecule has 35 heavy (non-hydrogen) atoms. The first-order valence-corrected chi connectivity index (χ1v) is 10.8. The number of carbonyl (C=O) groups excluding carboxylic acids is 2. The summed E-state index contributed by atoms with van der Waals surface area (Å²) in [7, 11) is 1.18. The van der Waals surface area contributed by atoms with E-state index in [9.17, 15) is 27.6 Å². The first-order chi connectivity index (χ1) is 16.6. The zero-order chi connectivity index (χ0) is 25.6. The smallest absolute Gasteiger partial charge is 0.407 e. The number of hydrogen-bond acceptors (Lipinski definition) is 5. The molecule has 0 spiro atoms. The third kappa shape index (κ3) is 6.50. The van der Waals surface area contributed by atoms with Crippen LogP contribution in [0.1, 0.15) is 23.5 Å². The summed E-state index contributed by atoms with van der Waals surface area (Å²) in [5, 5.41) is 12.8. The maximum Gasteiger partial charge on any atom is 0.407 e. The van der Waals surface area contributed by atoms with E-state index in [-0.39, 0.29) is 12.5 Å². The first kappa shape index (κ1) is 26.0. The summed E-state index contributed by atoms with van der Waals surface area (Å²) in [6.45, 7) is -1.56. The highest BCUT2D eigenvalue weighted by Gasteiger charge is 2.45. The van der Waals surface area contributed by atoms with Gasteiger partial charge in [-0.3, -0.25) is 9.59 Å². The van der Waals surface area contributed by atoms with Crippen molar-refractivity contribution in [2.24, 2.45) is 5.92 Å². The summed E-state index contributed by atoms with van der Waals surface area (Å²) in [6.07, 6.45) is -7.53. The fraction of sp³-hybridized carbons (Fsp3) is 0.375. The number of hydrogen-bond donors (Lipinski definition) is 3. The van der Waals surface area contributed by atoms with Crippen LogP contribution in [0.4, 0.5) is 18.0 Å². The minimum Gasteiger partial charge on any atom is -0.481 e. The highest BCUT2D eigenvalue weighted by molar-refractivity contribution is 5.81. The highest BCUT2D eigenvalue weighted by atomic mass is 19.4. The van der Waals surface area contributed by atoms with Gasteiger partial charge in [0.25, 0.3) is 0 Å². The molecule has 1 aliphatic carbocycles. The minimum absolute atomic E-state index is 0.0898. The van der Waals surface area contributed by atoms with Crippen LogP contribution < -0.4 is 10.6 Å². The average molecular weight is 494 g/mol. The summed E-state index contributed by atoms with van der Waals surface area (Å²) < 4.78 is 50.3. The van der Waals surface area contributed by atoms with Crippen LogP contribution in [0.25, 0.3) is 11.1 Å². The van der Waals surface area contributed by atoms with E-state index in [2.05, 4.69) is 0 Å². The van der Waals surface area contributed by atoms with Gasteiger partial charge < -0.3 is 25.2 Å². The Morgan fingerprint density at radius 1 is 0.971 bits per heavy atom. The van der Waals surface area contributed by atoms with Gasteiger partial charge in [0.1, 0.15) is 6.61 Å². The number of rotatable bonds is 10. The molecule has 188 valence electrons. The summed E-state index contributed by atoms with van der Waals surface area (Å²) in [6, 6.07) is 15.2. The number of carbonyl (C=O) groups is 3. The molecule has 0 heterocycles. The molecule has 11 heteroatoms. The number of aliphatic carboxylic acids is 1. The standard InChI is InChI=1S/C24H25F3N2O6/c1-34-14(10-21(30)31)11-28-22(32)20(24(25,26)27)12-29-23(33)35-13-19-17-8-4-2-6-15(17)16-7-3-5-9-18(16)19/h2-9,14,19-20H,10-13H2,1H3,(H,28,32)(H,29,33)(H,30,31). The van der Waals surface area contributed by atoms with Gasteiger partial charge in [-0.05, 0) is 22.3 Å². The normalized spacial score (nSPS) is 14.4. The van der Waals surface area contributed by atoms with E-state index in [0.29, 0.717) is 0 Å². The highest BCUT2D eigenvalue weighted by Crippen LogP contribution is 2.44. The largest absolute Gasteiger partial charge is 0.481 e. The van der Waals surface area contributed by atoms with Gasteiger partial charge in [-0.25, -0.2) is 4.79 Å². The Labute approximate surface area is 199 Å². The van der Waals surface area contributed by atoms with Gasteiger partial charge >= 0.3 is 18.2 Å². The molecule has 0 aliphatic heterocycles. The molecule has 3 rings (SSSR count). The lowest BCUT2D eigenvalue weighted by Crippen LogP contribution is -2.48. The number of nitrogens with one attached hydrogen (secondary N) is 2. The van der Waals surface area contributed by atoms with Crippen molar-refractivity contribution in [1.82, 2.24) is 10.6 Å². The van der Waals surface area contributed by atoms with Crippen LogP contribution in [-0.4, -0.2) is 62.2 Å². The summed E-state index contributed by atoms with van der Waals surface area (Å²) in [4.78, 5) is 35.1. The number of amides is 2. The third-order valence-corrected chi connectivity index (χ3v) is 5.75. The molecule has 2 aromatic rings. The Bertz CT molecular complexity index is 1030. The number of carboxylic acid groups (broad SMARTS) is 1. The Kier molecular flexibility index (Phi) is 8.34. The van der Waals surface area contributed by atoms with Crippen LogP contribution in [-0.2, 0) is 19.1 Å². The van der Waals surface area contributed by atoms with Gasteiger partial charge in [-0.1, -0.05) is 48.5 Å². The molecule has 0 saturated carbocycles. The Morgan fingerprint density at radius 2 is 1.54 bits per heavy atom. The second-order valence-electron chi connectivity index (χ2n) is 8.00. The van der Waals surface area contributed by atoms with E-state index in [0.717, 1.165) is 22.3 Å². The topological polar surface area (TPSA) is 114 Å². The lowest BCUT2D eigenvalue weighted by atomic mass is 9.98. The minimum atomic E-state index is -4.95. The van der Waals surface area contributed by atoms with Crippen LogP contribution >= 0.6 is 0 Å². The molecule has 2 atom stereocenters. The Balaban J connectivity index is 1.57. The van der Waals surface area contributed by atoms with E-state index < -0.39 is 55.7 Å². The van der Waals surface area contributed by atoms with Crippen LogP contribution in [0.15, 0.2) is 48.5 Å². The number of benzene rings is 2. The molecule has 0 saturated heterocycles. The fourth-order valence-corrected chi connectivity index (χ4v) is 3.96. The van der Waals surface area contributed by atoms with Crippen molar-refractivity contribution in [1.29, 1.82) is 0 Å². The molecule has 2 unspecified atom stereocenters. The SMILES string of the molecule is COC(CNC(=O)C(CNC(=O)OCC1c2ccccc2-c2ccccc21)C(F)(F)F)CC(=O)O. The van der Waals surface area contributed by atoms with Crippen LogP contribution in [0.2, 0.25) is 0 Å². The molecule has 1 aliphatic rings. The van der Waals surface area contributed by atoms with Crippen LogP contribution in [0.5, 0.6) is 0 Å². The first-order valence-electron chi connectivity index (χ1n) is 10.8. The van der Waals surface area contributed by atoms with Gasteiger partial charge in [-0.15, -0.1) is 0 Å². The quantitative estimate of drug-likeness (QED) is 0.467. The number of halogens is 3. The molecule has 3 N–H and O–H groups in total. The van der Waals surface area contributed by atoms with Crippen molar-refractivity contribution in [3.63, 3.8) is 0 Å². The van der Waals surface area contributed by atoms with E-state index in [1.54, 1.807) is 0 Å². The second kappa shape index (κ2) is 11.2.